The Labute approximate surface area is 156 Å². The van der Waals surface area contributed by atoms with Crippen molar-refractivity contribution in [3.63, 3.8) is 0 Å². The van der Waals surface area contributed by atoms with Crippen molar-refractivity contribution in [1.82, 2.24) is 4.57 Å². The van der Waals surface area contributed by atoms with Crippen LogP contribution in [0, 0.1) is 0 Å². The summed E-state index contributed by atoms with van der Waals surface area (Å²) in [5, 5.41) is 0. The summed E-state index contributed by atoms with van der Waals surface area (Å²) in [5.74, 6) is 1.13. The molecule has 2 aromatic rings. The van der Waals surface area contributed by atoms with Crippen LogP contribution in [-0.2, 0) is 17.7 Å². The summed E-state index contributed by atoms with van der Waals surface area (Å²) in [7, 11) is 1.65. The van der Waals surface area contributed by atoms with E-state index in [1.165, 1.54) is 5.56 Å². The highest BCUT2D eigenvalue weighted by atomic mass is 79.9. The van der Waals surface area contributed by atoms with Crippen LogP contribution in [0.3, 0.4) is 0 Å². The molecule has 0 bridgehead atoms. The number of nitrogens with zero attached hydrogens (tertiary/aromatic N) is 1. The van der Waals surface area contributed by atoms with Crippen molar-refractivity contribution in [3.05, 3.63) is 33.9 Å². The van der Waals surface area contributed by atoms with Gasteiger partial charge in [0.15, 0.2) is 11.5 Å². The van der Waals surface area contributed by atoms with Crippen molar-refractivity contribution in [2.75, 3.05) is 13.7 Å². The number of methoxy groups -OCH3 is 1. The van der Waals surface area contributed by atoms with E-state index in [4.69, 9.17) is 14.2 Å². The van der Waals surface area contributed by atoms with E-state index in [-0.39, 0.29) is 12.1 Å². The molecule has 0 saturated carbocycles. The molecule has 1 aliphatic heterocycles. The molecule has 0 saturated heterocycles. The third-order valence-electron chi connectivity index (χ3n) is 4.16. The SMILES string of the molecule is CCOC(=O)c1cc2n(c1Br)CCc1cc(OC)c(OC(C)C)cc1-2. The van der Waals surface area contributed by atoms with Crippen LogP contribution in [0.15, 0.2) is 22.8 Å². The Morgan fingerprint density at radius 3 is 2.68 bits per heavy atom. The molecule has 1 aliphatic rings. The van der Waals surface area contributed by atoms with Crippen molar-refractivity contribution in [2.45, 2.75) is 39.8 Å². The molecular weight excluding hydrogens is 386 g/mol. The maximum Gasteiger partial charge on any atom is 0.340 e. The maximum absolute atomic E-state index is 12.2. The molecule has 6 heteroatoms. The van der Waals surface area contributed by atoms with E-state index in [0.717, 1.165) is 34.6 Å². The minimum Gasteiger partial charge on any atom is -0.493 e. The van der Waals surface area contributed by atoms with Gasteiger partial charge in [-0.3, -0.25) is 0 Å². The molecule has 0 aliphatic carbocycles. The fraction of sp³-hybridized carbons (Fsp3) is 0.421. The Morgan fingerprint density at radius 1 is 1.28 bits per heavy atom. The summed E-state index contributed by atoms with van der Waals surface area (Å²) in [5.41, 5.74) is 3.76. The van der Waals surface area contributed by atoms with Gasteiger partial charge in [0.25, 0.3) is 0 Å². The quantitative estimate of drug-likeness (QED) is 0.687. The lowest BCUT2D eigenvalue weighted by molar-refractivity contribution is 0.0525. The first kappa shape index (κ1) is 17.9. The van der Waals surface area contributed by atoms with Crippen LogP contribution < -0.4 is 9.47 Å². The van der Waals surface area contributed by atoms with Gasteiger partial charge in [0.05, 0.1) is 35.7 Å². The number of esters is 1. The highest BCUT2D eigenvalue weighted by Crippen LogP contribution is 2.41. The highest BCUT2D eigenvalue weighted by Gasteiger charge is 2.26. The third kappa shape index (κ3) is 3.27. The van der Waals surface area contributed by atoms with Crippen molar-refractivity contribution in [3.8, 4) is 22.8 Å². The van der Waals surface area contributed by atoms with Gasteiger partial charge >= 0.3 is 5.97 Å². The molecule has 134 valence electrons. The first-order valence-corrected chi connectivity index (χ1v) is 9.19. The number of aromatic nitrogens is 1. The zero-order chi connectivity index (χ0) is 18.1. The number of aryl methyl sites for hydroxylation is 1. The summed E-state index contributed by atoms with van der Waals surface area (Å²) in [4.78, 5) is 12.2. The molecule has 0 atom stereocenters. The fourth-order valence-electron chi connectivity index (χ4n) is 3.10. The Balaban J connectivity index is 2.11. The average Bonchev–Trinajstić information content (AvgIpc) is 2.91. The molecule has 5 nitrogen and oxygen atoms in total. The van der Waals surface area contributed by atoms with Gasteiger partial charge in [0, 0.05) is 12.1 Å². The summed E-state index contributed by atoms with van der Waals surface area (Å²) >= 11 is 3.55. The van der Waals surface area contributed by atoms with E-state index in [0.29, 0.717) is 17.9 Å². The van der Waals surface area contributed by atoms with E-state index in [2.05, 4.69) is 20.5 Å². The molecule has 0 unspecified atom stereocenters. The van der Waals surface area contributed by atoms with Crippen LogP contribution in [0.25, 0.3) is 11.3 Å². The summed E-state index contributed by atoms with van der Waals surface area (Å²) < 4.78 is 19.4. The largest absolute Gasteiger partial charge is 0.493 e. The normalized spacial score (nSPS) is 12.6. The lowest BCUT2D eigenvalue weighted by Crippen LogP contribution is -2.13. The van der Waals surface area contributed by atoms with Crippen LogP contribution in [0.2, 0.25) is 0 Å². The van der Waals surface area contributed by atoms with E-state index >= 15 is 0 Å². The molecule has 2 heterocycles. The lowest BCUT2D eigenvalue weighted by atomic mass is 9.97. The smallest absolute Gasteiger partial charge is 0.340 e. The molecule has 3 rings (SSSR count). The van der Waals surface area contributed by atoms with Crippen molar-refractivity contribution in [2.24, 2.45) is 0 Å². The highest BCUT2D eigenvalue weighted by molar-refractivity contribution is 9.10. The first-order valence-electron chi connectivity index (χ1n) is 8.40. The molecule has 1 aromatic heterocycles. The third-order valence-corrected chi connectivity index (χ3v) is 5.01. The van der Waals surface area contributed by atoms with Gasteiger partial charge in [-0.1, -0.05) is 0 Å². The van der Waals surface area contributed by atoms with Crippen LogP contribution >= 0.6 is 15.9 Å². The second kappa shape index (κ2) is 7.12. The van der Waals surface area contributed by atoms with Crippen LogP contribution in [0.4, 0.5) is 0 Å². The van der Waals surface area contributed by atoms with Crippen LogP contribution in [0.5, 0.6) is 11.5 Å². The number of ether oxygens (including phenoxy) is 3. The second-order valence-corrected chi connectivity index (χ2v) is 6.93. The van der Waals surface area contributed by atoms with Gasteiger partial charge < -0.3 is 18.8 Å². The zero-order valence-electron chi connectivity index (χ0n) is 14.9. The number of rotatable bonds is 5. The second-order valence-electron chi connectivity index (χ2n) is 6.18. The number of halogens is 1. The molecule has 0 spiro atoms. The monoisotopic (exact) mass is 407 g/mol. The summed E-state index contributed by atoms with van der Waals surface area (Å²) in [6.45, 7) is 6.91. The van der Waals surface area contributed by atoms with Gasteiger partial charge in [-0.25, -0.2) is 4.79 Å². The van der Waals surface area contributed by atoms with E-state index in [9.17, 15) is 4.79 Å². The number of fused-ring (bicyclic) bond motifs is 3. The number of hydrogen-bond donors (Lipinski definition) is 0. The van der Waals surface area contributed by atoms with Crippen molar-refractivity contribution < 1.29 is 19.0 Å². The lowest BCUT2D eigenvalue weighted by Gasteiger charge is -2.23. The van der Waals surface area contributed by atoms with Crippen molar-refractivity contribution in [1.29, 1.82) is 0 Å². The van der Waals surface area contributed by atoms with Crippen LogP contribution in [-0.4, -0.2) is 30.4 Å². The van der Waals surface area contributed by atoms with E-state index < -0.39 is 0 Å². The number of benzene rings is 1. The van der Waals surface area contributed by atoms with Gasteiger partial charge in [0.2, 0.25) is 0 Å². The van der Waals surface area contributed by atoms with E-state index in [1.54, 1.807) is 14.0 Å². The van der Waals surface area contributed by atoms with E-state index in [1.807, 2.05) is 32.0 Å². The topological polar surface area (TPSA) is 49.7 Å². The first-order chi connectivity index (χ1) is 12.0. The van der Waals surface area contributed by atoms with Gasteiger partial charge in [-0.05, 0) is 66.9 Å². The van der Waals surface area contributed by atoms with Gasteiger partial charge in [-0.15, -0.1) is 0 Å². The Hall–Kier alpha value is -1.95. The Bertz CT molecular complexity index is 810. The predicted octanol–water partition coefficient (Wildman–Crippen LogP) is 4.45. The predicted molar refractivity (Wildman–Crippen MR) is 99.5 cm³/mol. The van der Waals surface area contributed by atoms with Crippen LogP contribution in [0.1, 0.15) is 36.7 Å². The summed E-state index contributed by atoms with van der Waals surface area (Å²) in [6, 6.07) is 5.91. The molecular formula is C19H22BrNO4. The minimum absolute atomic E-state index is 0.0455. The number of carbonyl (C=O) groups is 1. The molecule has 1 aromatic carbocycles. The van der Waals surface area contributed by atoms with Gasteiger partial charge in [0.1, 0.15) is 0 Å². The number of carbonyl (C=O) groups excluding carboxylic acids is 1. The molecule has 25 heavy (non-hydrogen) atoms. The standard InChI is InChI=1S/C19H22BrNO4/c1-5-24-19(22)14-9-15-13-10-17(25-11(2)3)16(23-4)8-12(13)6-7-21(15)18(14)20/h8-11H,5-7H2,1-4H3. The molecule has 0 N–H and O–H groups in total. The average molecular weight is 408 g/mol. The summed E-state index contributed by atoms with van der Waals surface area (Å²) in [6.07, 6.45) is 0.903. The molecule has 0 amide bonds. The zero-order valence-corrected chi connectivity index (χ0v) is 16.5. The maximum atomic E-state index is 12.2. The fourth-order valence-corrected chi connectivity index (χ4v) is 3.75. The Kier molecular flexibility index (Phi) is 5.08. The number of hydrogen-bond acceptors (Lipinski definition) is 4. The van der Waals surface area contributed by atoms with Gasteiger partial charge in [-0.2, -0.15) is 0 Å². The molecule has 0 fully saturated rings. The minimum atomic E-state index is -0.315. The van der Waals surface area contributed by atoms with Crippen molar-refractivity contribution >= 4 is 21.9 Å². The Morgan fingerprint density at radius 2 is 2.04 bits per heavy atom. The molecule has 0 radical (unpaired) electrons.